The van der Waals surface area contributed by atoms with Gasteiger partial charge in [0.2, 0.25) is 0 Å². The maximum absolute atomic E-state index is 12.7. The van der Waals surface area contributed by atoms with Gasteiger partial charge >= 0.3 is 5.97 Å². The molecule has 0 unspecified atom stereocenters. The summed E-state index contributed by atoms with van der Waals surface area (Å²) in [7, 11) is 0. The van der Waals surface area contributed by atoms with E-state index in [0.717, 1.165) is 6.42 Å². The van der Waals surface area contributed by atoms with Crippen molar-refractivity contribution in [1.29, 1.82) is 0 Å². The predicted molar refractivity (Wildman–Crippen MR) is 86.4 cm³/mol. The highest BCUT2D eigenvalue weighted by Gasteiger charge is 2.29. The average Bonchev–Trinajstić information content (AvgIpc) is 2.46. The van der Waals surface area contributed by atoms with Crippen molar-refractivity contribution in [3.63, 3.8) is 0 Å². The Morgan fingerprint density at radius 3 is 2.55 bits per heavy atom. The summed E-state index contributed by atoms with van der Waals surface area (Å²) in [5, 5.41) is 0. The summed E-state index contributed by atoms with van der Waals surface area (Å²) < 4.78 is 5.16. The largest absolute Gasteiger partial charge is 0.461 e. The molecule has 1 heterocycles. The Morgan fingerprint density at radius 1 is 1.09 bits per heavy atom. The van der Waals surface area contributed by atoms with Gasteiger partial charge in [0, 0.05) is 12.3 Å². The molecule has 1 aromatic rings. The topological polar surface area (TPSA) is 43.4 Å². The number of ketones is 1. The minimum absolute atomic E-state index is 0.0360. The average molecular weight is 300 g/mol. The Balaban J connectivity index is 2.14. The lowest BCUT2D eigenvalue weighted by Gasteiger charge is -2.24. The molecule has 0 saturated carbocycles. The fourth-order valence-corrected chi connectivity index (χ4v) is 2.82. The number of rotatable bonds is 2. The van der Waals surface area contributed by atoms with E-state index in [9.17, 15) is 9.59 Å². The van der Waals surface area contributed by atoms with Crippen molar-refractivity contribution in [2.45, 2.75) is 39.5 Å². The van der Waals surface area contributed by atoms with Crippen LogP contribution in [-0.2, 0) is 20.7 Å². The van der Waals surface area contributed by atoms with Crippen LogP contribution >= 0.6 is 0 Å². The van der Waals surface area contributed by atoms with Gasteiger partial charge in [0.05, 0.1) is 6.42 Å². The van der Waals surface area contributed by atoms with Gasteiger partial charge < -0.3 is 4.74 Å². The van der Waals surface area contributed by atoms with Crippen molar-refractivity contribution < 1.29 is 14.3 Å². The van der Waals surface area contributed by atoms with Gasteiger partial charge in [0.1, 0.15) is 12.4 Å². The summed E-state index contributed by atoms with van der Waals surface area (Å²) in [5.41, 5.74) is 0.822. The second kappa shape index (κ2) is 7.39. The van der Waals surface area contributed by atoms with Crippen molar-refractivity contribution in [3.05, 3.63) is 48.0 Å². The van der Waals surface area contributed by atoms with E-state index in [4.69, 9.17) is 4.74 Å². The molecule has 1 aliphatic rings. The Morgan fingerprint density at radius 2 is 1.82 bits per heavy atom. The van der Waals surface area contributed by atoms with Crippen LogP contribution < -0.4 is 0 Å². The molecule has 22 heavy (non-hydrogen) atoms. The zero-order chi connectivity index (χ0) is 16.0. The van der Waals surface area contributed by atoms with Crippen LogP contribution in [0.2, 0.25) is 0 Å². The third-order valence-corrected chi connectivity index (χ3v) is 3.98. The van der Waals surface area contributed by atoms with Crippen LogP contribution in [0.5, 0.6) is 0 Å². The minimum Gasteiger partial charge on any atom is -0.461 e. The number of carbonyl (C=O) groups is 2. The molecule has 3 nitrogen and oxygen atoms in total. The van der Waals surface area contributed by atoms with Crippen molar-refractivity contribution in [3.8, 4) is 0 Å². The number of allylic oxidation sites excluding steroid dienone is 1. The molecule has 0 bridgehead atoms. The first-order valence-corrected chi connectivity index (χ1v) is 7.83. The number of carbonyl (C=O) groups excluding carboxylic acids is 2. The first-order valence-electron chi connectivity index (χ1n) is 7.83. The SMILES string of the molecule is CC1(C)CC(=O)OC/C=C/C[C@H](Cc2ccccc2)C(=O)C1. The van der Waals surface area contributed by atoms with E-state index in [0.29, 0.717) is 19.4 Å². The van der Waals surface area contributed by atoms with Crippen LogP contribution in [0.1, 0.15) is 38.7 Å². The van der Waals surface area contributed by atoms with Crippen molar-refractivity contribution in [1.82, 2.24) is 0 Å². The summed E-state index contributed by atoms with van der Waals surface area (Å²) in [4.78, 5) is 24.4. The van der Waals surface area contributed by atoms with E-state index >= 15 is 0 Å². The van der Waals surface area contributed by atoms with Crippen molar-refractivity contribution in [2.75, 3.05) is 6.61 Å². The molecule has 0 amide bonds. The number of ether oxygens (including phenoxy) is 1. The molecule has 0 radical (unpaired) electrons. The van der Waals surface area contributed by atoms with Crippen LogP contribution in [0.25, 0.3) is 0 Å². The summed E-state index contributed by atoms with van der Waals surface area (Å²) in [6.45, 7) is 4.20. The molecule has 118 valence electrons. The van der Waals surface area contributed by atoms with Crippen LogP contribution in [0.15, 0.2) is 42.5 Å². The normalized spacial score (nSPS) is 24.2. The van der Waals surface area contributed by atoms with Gasteiger partial charge in [-0.15, -0.1) is 0 Å². The standard InChI is InChI=1S/C19H24O3/c1-19(2)13-17(20)16(12-15-8-4-3-5-9-15)10-6-7-11-22-18(21)14-19/h3-9,16H,10-14H2,1-2H3/b7-6+/t16-/m1/s1. The summed E-state index contributed by atoms with van der Waals surface area (Å²) in [6.07, 6.45) is 5.92. The molecule has 0 aromatic heterocycles. The third-order valence-electron chi connectivity index (χ3n) is 3.98. The Bertz CT molecular complexity index is 543. The van der Waals surface area contributed by atoms with E-state index < -0.39 is 0 Å². The smallest absolute Gasteiger partial charge is 0.306 e. The molecule has 1 aliphatic heterocycles. The maximum atomic E-state index is 12.7. The Kier molecular flexibility index (Phi) is 5.53. The van der Waals surface area contributed by atoms with Gasteiger partial charge in [-0.05, 0) is 23.8 Å². The van der Waals surface area contributed by atoms with Gasteiger partial charge in [0.25, 0.3) is 0 Å². The highest BCUT2D eigenvalue weighted by molar-refractivity contribution is 5.83. The van der Waals surface area contributed by atoms with Crippen molar-refractivity contribution >= 4 is 11.8 Å². The molecule has 2 rings (SSSR count). The number of hydrogen-bond acceptors (Lipinski definition) is 3. The lowest BCUT2D eigenvalue weighted by Crippen LogP contribution is -2.26. The first kappa shape index (κ1) is 16.5. The maximum Gasteiger partial charge on any atom is 0.306 e. The minimum atomic E-state index is -0.354. The van der Waals surface area contributed by atoms with Gasteiger partial charge in [-0.25, -0.2) is 0 Å². The van der Waals surface area contributed by atoms with E-state index in [2.05, 4.69) is 12.1 Å². The van der Waals surface area contributed by atoms with E-state index in [1.165, 1.54) is 5.56 Å². The summed E-state index contributed by atoms with van der Waals surface area (Å²) in [6, 6.07) is 10.1. The number of hydrogen-bond donors (Lipinski definition) is 0. The zero-order valence-corrected chi connectivity index (χ0v) is 13.4. The third kappa shape index (κ3) is 5.14. The van der Waals surface area contributed by atoms with E-state index in [1.807, 2.05) is 44.2 Å². The lowest BCUT2D eigenvalue weighted by atomic mass is 9.79. The Labute approximate surface area is 132 Å². The first-order chi connectivity index (χ1) is 10.5. The van der Waals surface area contributed by atoms with Crippen molar-refractivity contribution in [2.24, 2.45) is 11.3 Å². The summed E-state index contributed by atoms with van der Waals surface area (Å²) >= 11 is 0. The second-order valence-corrected chi connectivity index (χ2v) is 6.76. The van der Waals surface area contributed by atoms with Gasteiger partial charge in [-0.3, -0.25) is 9.59 Å². The van der Waals surface area contributed by atoms with Gasteiger partial charge in [-0.2, -0.15) is 0 Å². The fourth-order valence-electron chi connectivity index (χ4n) is 2.82. The molecule has 0 aliphatic carbocycles. The summed E-state index contributed by atoms with van der Waals surface area (Å²) in [5.74, 6) is -0.0386. The lowest BCUT2D eigenvalue weighted by molar-refractivity contribution is -0.145. The molecule has 1 atom stereocenters. The molecule has 0 saturated heterocycles. The molecular weight excluding hydrogens is 276 g/mol. The monoisotopic (exact) mass is 300 g/mol. The highest BCUT2D eigenvalue weighted by Crippen LogP contribution is 2.29. The quantitative estimate of drug-likeness (QED) is 0.617. The van der Waals surface area contributed by atoms with Crippen LogP contribution in [-0.4, -0.2) is 18.4 Å². The van der Waals surface area contributed by atoms with Gasteiger partial charge in [-0.1, -0.05) is 56.3 Å². The Hall–Kier alpha value is -1.90. The number of Topliss-reactive ketones (excluding diaryl/α,β-unsaturated/α-hetero) is 1. The van der Waals surface area contributed by atoms with E-state index in [-0.39, 0.29) is 29.5 Å². The molecular formula is C19H24O3. The number of esters is 1. The number of benzene rings is 1. The zero-order valence-electron chi connectivity index (χ0n) is 13.4. The molecule has 1 aromatic carbocycles. The molecule has 3 heteroatoms. The number of cyclic esters (lactones) is 1. The fraction of sp³-hybridized carbons (Fsp3) is 0.474. The van der Waals surface area contributed by atoms with E-state index in [1.54, 1.807) is 0 Å². The molecule has 0 fully saturated rings. The van der Waals surface area contributed by atoms with Crippen LogP contribution in [0, 0.1) is 11.3 Å². The van der Waals surface area contributed by atoms with Gasteiger partial charge in [0.15, 0.2) is 0 Å². The van der Waals surface area contributed by atoms with Crippen LogP contribution in [0.4, 0.5) is 0 Å². The molecule has 0 N–H and O–H groups in total. The second-order valence-electron chi connectivity index (χ2n) is 6.76. The predicted octanol–water partition coefficient (Wildman–Crippen LogP) is 3.72. The van der Waals surface area contributed by atoms with Crippen LogP contribution in [0.3, 0.4) is 0 Å². The molecule has 0 spiro atoms. The highest BCUT2D eigenvalue weighted by atomic mass is 16.5.